The van der Waals surface area contributed by atoms with Gasteiger partial charge >= 0.3 is 5.97 Å². The van der Waals surface area contributed by atoms with Gasteiger partial charge < -0.3 is 5.11 Å². The molecule has 0 fully saturated rings. The molecule has 8 heteroatoms. The Labute approximate surface area is 96.6 Å². The third-order valence-corrected chi connectivity index (χ3v) is 3.36. The highest BCUT2D eigenvalue weighted by atomic mass is 32.2. The van der Waals surface area contributed by atoms with Gasteiger partial charge in [0.1, 0.15) is 0 Å². The first-order chi connectivity index (χ1) is 7.80. The van der Waals surface area contributed by atoms with E-state index in [0.717, 1.165) is 6.26 Å². The van der Waals surface area contributed by atoms with Crippen molar-refractivity contribution >= 4 is 26.8 Å². The lowest BCUT2D eigenvalue weighted by atomic mass is 10.2. The van der Waals surface area contributed by atoms with Gasteiger partial charge in [-0.2, -0.15) is 5.10 Å². The molecule has 0 atom stereocenters. The monoisotopic (exact) mass is 255 g/mol. The topological polar surface area (TPSA) is 102 Å². The predicted octanol–water partition coefficient (Wildman–Crippen LogP) is 0.0700. The summed E-state index contributed by atoms with van der Waals surface area (Å²) in [6.07, 6.45) is 2.22. The van der Waals surface area contributed by atoms with Gasteiger partial charge in [-0.25, -0.2) is 22.9 Å². The Balaban J connectivity index is 2.84. The number of aryl methyl sites for hydroxylation is 1. The van der Waals surface area contributed by atoms with E-state index in [1.165, 1.54) is 16.9 Å². The Kier molecular flexibility index (Phi) is 2.39. The van der Waals surface area contributed by atoms with Crippen LogP contribution in [-0.4, -0.2) is 40.5 Å². The maximum Gasteiger partial charge on any atom is 0.357 e. The van der Waals surface area contributed by atoms with Gasteiger partial charge in [0.25, 0.3) is 0 Å². The summed E-state index contributed by atoms with van der Waals surface area (Å²) in [5.74, 6) is -1.22. The first-order valence-corrected chi connectivity index (χ1v) is 6.46. The SMILES string of the molecule is Cn1nc(C(=O)O)c2cc(S(C)(=O)=O)cnc21. The quantitative estimate of drug-likeness (QED) is 0.814. The minimum absolute atomic E-state index is 0.0273. The van der Waals surface area contributed by atoms with Crippen molar-refractivity contribution in [3.63, 3.8) is 0 Å². The van der Waals surface area contributed by atoms with Crippen LogP contribution in [0, 0.1) is 0 Å². The van der Waals surface area contributed by atoms with E-state index in [-0.39, 0.29) is 16.0 Å². The lowest BCUT2D eigenvalue weighted by molar-refractivity contribution is 0.0691. The summed E-state index contributed by atoms with van der Waals surface area (Å²) < 4.78 is 24.0. The molecule has 0 aliphatic rings. The van der Waals surface area contributed by atoms with Crippen LogP contribution in [0.4, 0.5) is 0 Å². The molecular weight excluding hydrogens is 246 g/mol. The molecule has 2 aromatic rings. The van der Waals surface area contributed by atoms with Crippen molar-refractivity contribution in [2.24, 2.45) is 7.05 Å². The summed E-state index contributed by atoms with van der Waals surface area (Å²) >= 11 is 0. The maximum atomic E-state index is 11.3. The molecule has 0 amide bonds. The first kappa shape index (κ1) is 11.5. The summed E-state index contributed by atoms with van der Waals surface area (Å²) in [7, 11) is -1.88. The van der Waals surface area contributed by atoms with Crippen LogP contribution in [0.1, 0.15) is 10.5 Å². The van der Waals surface area contributed by atoms with E-state index in [9.17, 15) is 13.2 Å². The lowest BCUT2D eigenvalue weighted by Gasteiger charge is -1.98. The fourth-order valence-electron chi connectivity index (χ4n) is 1.48. The number of carboxylic acids is 1. The van der Waals surface area contributed by atoms with E-state index in [0.29, 0.717) is 5.65 Å². The van der Waals surface area contributed by atoms with Crippen LogP contribution >= 0.6 is 0 Å². The molecule has 0 spiro atoms. The highest BCUT2D eigenvalue weighted by molar-refractivity contribution is 7.90. The molecular formula is C9H9N3O4S. The van der Waals surface area contributed by atoms with E-state index < -0.39 is 15.8 Å². The number of pyridine rings is 1. The number of aromatic carboxylic acids is 1. The van der Waals surface area contributed by atoms with Crippen molar-refractivity contribution in [3.8, 4) is 0 Å². The predicted molar refractivity (Wildman–Crippen MR) is 58.6 cm³/mol. The van der Waals surface area contributed by atoms with Crippen molar-refractivity contribution in [3.05, 3.63) is 18.0 Å². The van der Waals surface area contributed by atoms with Crippen LogP contribution in [0.3, 0.4) is 0 Å². The number of hydrogen-bond donors (Lipinski definition) is 1. The molecule has 0 bridgehead atoms. The van der Waals surface area contributed by atoms with Crippen LogP contribution in [0.5, 0.6) is 0 Å². The van der Waals surface area contributed by atoms with Crippen LogP contribution in [-0.2, 0) is 16.9 Å². The lowest BCUT2D eigenvalue weighted by Crippen LogP contribution is -2.00. The van der Waals surface area contributed by atoms with Gasteiger partial charge in [0.15, 0.2) is 21.2 Å². The van der Waals surface area contributed by atoms with Gasteiger partial charge in [-0.05, 0) is 6.07 Å². The minimum Gasteiger partial charge on any atom is -0.476 e. The third kappa shape index (κ3) is 1.86. The maximum absolute atomic E-state index is 11.3. The van der Waals surface area contributed by atoms with Crippen LogP contribution in [0.15, 0.2) is 17.2 Å². The number of aromatic nitrogens is 3. The third-order valence-electron chi connectivity index (χ3n) is 2.28. The summed E-state index contributed by atoms with van der Waals surface area (Å²) in [5.41, 5.74) is 0.121. The van der Waals surface area contributed by atoms with E-state index in [1.807, 2.05) is 0 Å². The smallest absolute Gasteiger partial charge is 0.357 e. The summed E-state index contributed by atoms with van der Waals surface area (Å²) in [6.45, 7) is 0. The molecule has 2 heterocycles. The molecule has 0 radical (unpaired) electrons. The molecule has 2 aromatic heterocycles. The van der Waals surface area contributed by atoms with Crippen LogP contribution < -0.4 is 0 Å². The zero-order valence-corrected chi connectivity index (χ0v) is 9.89. The number of sulfone groups is 1. The second kappa shape index (κ2) is 3.52. The molecule has 90 valence electrons. The van der Waals surface area contributed by atoms with Crippen LogP contribution in [0.2, 0.25) is 0 Å². The number of rotatable bonds is 2. The summed E-state index contributed by atoms with van der Waals surface area (Å²) in [6, 6.07) is 1.27. The fourth-order valence-corrected chi connectivity index (χ4v) is 2.06. The molecule has 17 heavy (non-hydrogen) atoms. The number of hydrogen-bond acceptors (Lipinski definition) is 5. The van der Waals surface area contributed by atoms with E-state index in [2.05, 4.69) is 10.1 Å². The molecule has 0 saturated carbocycles. The minimum atomic E-state index is -3.42. The molecule has 1 N–H and O–H groups in total. The van der Waals surface area contributed by atoms with Crippen molar-refractivity contribution in [2.75, 3.05) is 6.26 Å². The largest absolute Gasteiger partial charge is 0.476 e. The Morgan fingerprint density at radius 3 is 2.65 bits per heavy atom. The molecule has 0 unspecified atom stereocenters. The number of carbonyl (C=O) groups is 1. The van der Waals surface area contributed by atoms with Crippen molar-refractivity contribution in [2.45, 2.75) is 4.90 Å². The van der Waals surface area contributed by atoms with Gasteiger partial charge in [-0.3, -0.25) is 0 Å². The number of fused-ring (bicyclic) bond motifs is 1. The van der Waals surface area contributed by atoms with Crippen molar-refractivity contribution in [1.29, 1.82) is 0 Å². The average molecular weight is 255 g/mol. The standard InChI is InChI=1S/C9H9N3O4S/c1-12-8-6(7(11-12)9(13)14)3-5(4-10-8)17(2,15)16/h3-4H,1-2H3,(H,13,14). The van der Waals surface area contributed by atoms with Gasteiger partial charge in [-0.15, -0.1) is 0 Å². The molecule has 0 aliphatic carbocycles. The fraction of sp³-hybridized carbons (Fsp3) is 0.222. The second-order valence-electron chi connectivity index (χ2n) is 3.59. The molecule has 0 saturated heterocycles. The number of carboxylic acid groups (broad SMARTS) is 1. The normalized spacial score (nSPS) is 11.9. The van der Waals surface area contributed by atoms with E-state index >= 15 is 0 Å². The Bertz CT molecular complexity index is 717. The van der Waals surface area contributed by atoms with Crippen LogP contribution in [0.25, 0.3) is 11.0 Å². The van der Waals surface area contributed by atoms with Gasteiger partial charge in [0.05, 0.1) is 10.3 Å². The zero-order valence-electron chi connectivity index (χ0n) is 9.08. The summed E-state index contributed by atoms with van der Waals surface area (Å²) in [4.78, 5) is 14.8. The Morgan fingerprint density at radius 1 is 1.47 bits per heavy atom. The van der Waals surface area contributed by atoms with Gasteiger partial charge in [-0.1, -0.05) is 0 Å². The molecule has 2 rings (SSSR count). The Morgan fingerprint density at radius 2 is 2.12 bits per heavy atom. The first-order valence-electron chi connectivity index (χ1n) is 4.57. The van der Waals surface area contributed by atoms with Crippen molar-refractivity contribution in [1.82, 2.24) is 14.8 Å². The second-order valence-corrected chi connectivity index (χ2v) is 5.61. The average Bonchev–Trinajstić information content (AvgIpc) is 2.54. The van der Waals surface area contributed by atoms with E-state index in [1.54, 1.807) is 7.05 Å². The van der Waals surface area contributed by atoms with Gasteiger partial charge in [0.2, 0.25) is 0 Å². The van der Waals surface area contributed by atoms with Crippen molar-refractivity contribution < 1.29 is 18.3 Å². The summed E-state index contributed by atoms with van der Waals surface area (Å²) in [5, 5.41) is 12.9. The highest BCUT2D eigenvalue weighted by Gasteiger charge is 2.18. The van der Waals surface area contributed by atoms with E-state index in [4.69, 9.17) is 5.11 Å². The highest BCUT2D eigenvalue weighted by Crippen LogP contribution is 2.19. The zero-order chi connectivity index (χ0) is 12.8. The molecule has 0 aliphatic heterocycles. The van der Waals surface area contributed by atoms with Gasteiger partial charge in [0, 0.05) is 19.5 Å². The Hall–Kier alpha value is -1.96. The molecule has 0 aromatic carbocycles. The number of nitrogens with zero attached hydrogens (tertiary/aromatic N) is 3. The molecule has 7 nitrogen and oxygen atoms in total.